The number of fused-ring (bicyclic) bond motifs is 3. The third-order valence-electron chi connectivity index (χ3n) is 13.1. The van der Waals surface area contributed by atoms with Crippen LogP contribution in [0, 0.1) is 32.4 Å². The van der Waals surface area contributed by atoms with Gasteiger partial charge in [-0.2, -0.15) is 22.8 Å². The van der Waals surface area contributed by atoms with Gasteiger partial charge in [-0.15, -0.1) is 0 Å². The van der Waals surface area contributed by atoms with Crippen molar-refractivity contribution in [3.63, 3.8) is 0 Å². The molecule has 6 heterocycles. The van der Waals surface area contributed by atoms with Gasteiger partial charge in [0.2, 0.25) is 6.41 Å². The number of rotatable bonds is 9. The van der Waals surface area contributed by atoms with Gasteiger partial charge in [-0.3, -0.25) is 18.8 Å². The maximum absolute atomic E-state index is 16.2. The second kappa shape index (κ2) is 17.0. The molecule has 1 N–H and O–H groups in total. The molecule has 10 rings (SSSR count). The minimum Gasteiger partial charge on any atom is -0.398 e. The minimum atomic E-state index is -0.834. The van der Waals surface area contributed by atoms with Gasteiger partial charge in [0.25, 0.3) is 5.91 Å². The van der Waals surface area contributed by atoms with Crippen molar-refractivity contribution < 1.29 is 27.9 Å². The number of nitrogens with one attached hydrogen (secondary N) is 1. The van der Waals surface area contributed by atoms with Crippen LogP contribution in [0.3, 0.4) is 0 Å². The van der Waals surface area contributed by atoms with Crippen molar-refractivity contribution in [2.24, 2.45) is 12.2 Å². The van der Waals surface area contributed by atoms with Gasteiger partial charge >= 0.3 is 0 Å². The lowest BCUT2D eigenvalue weighted by atomic mass is 10.0. The number of aryl methyl sites for hydroxylation is 3. The Balaban J connectivity index is 0.00000270. The van der Waals surface area contributed by atoms with E-state index in [4.69, 9.17) is 19.7 Å². The van der Waals surface area contributed by atoms with E-state index >= 15 is 13.6 Å². The van der Waals surface area contributed by atoms with Crippen LogP contribution in [0.15, 0.2) is 66.2 Å². The molecule has 66 heavy (non-hydrogen) atoms. The van der Waals surface area contributed by atoms with Gasteiger partial charge in [-0.25, -0.2) is 18.4 Å². The number of carbonyl (C=O) groups excluding carboxylic acids is 2. The third-order valence-corrected chi connectivity index (χ3v) is 13.1. The summed E-state index contributed by atoms with van der Waals surface area (Å²) >= 11 is 3.53. The zero-order chi connectivity index (χ0) is 46.8. The predicted molar refractivity (Wildman–Crippen MR) is 253 cm³/mol. The molecule has 344 valence electrons. The van der Waals surface area contributed by atoms with Crippen LogP contribution in [0.25, 0.3) is 44.6 Å². The molecular formula is C48H53F2N11O4S. The van der Waals surface area contributed by atoms with Crippen LogP contribution in [0.5, 0.6) is 0 Å². The highest BCUT2D eigenvalue weighted by Gasteiger charge is 2.53. The number of thiol groups is 1. The number of ether oxygens (including phenoxy) is 1. The summed E-state index contributed by atoms with van der Waals surface area (Å²) < 4.78 is 44.4. The van der Waals surface area contributed by atoms with Crippen molar-refractivity contribution in [1.29, 1.82) is 0 Å². The first-order valence-electron chi connectivity index (χ1n) is 21.9. The molecule has 0 atom stereocenters. The van der Waals surface area contributed by atoms with Crippen LogP contribution in [0.1, 0.15) is 65.3 Å². The largest absolute Gasteiger partial charge is 0.398 e. The summed E-state index contributed by atoms with van der Waals surface area (Å²) in [6.45, 7) is 12.0. The van der Waals surface area contributed by atoms with E-state index in [0.717, 1.165) is 34.4 Å². The van der Waals surface area contributed by atoms with Gasteiger partial charge in [-0.05, 0) is 113 Å². The van der Waals surface area contributed by atoms with E-state index in [9.17, 15) is 4.79 Å². The molecule has 0 spiro atoms. The number of hydrogen-bond acceptors (Lipinski definition) is 10. The summed E-state index contributed by atoms with van der Waals surface area (Å²) in [6, 6.07) is 15.2. The van der Waals surface area contributed by atoms with Gasteiger partial charge in [0.05, 0.1) is 58.6 Å². The Bertz CT molecular complexity index is 3060. The average Bonchev–Trinajstić information content (AvgIpc) is 3.53. The third kappa shape index (κ3) is 7.39. The van der Waals surface area contributed by atoms with Crippen molar-refractivity contribution >= 4 is 58.3 Å². The molecule has 1 aliphatic carbocycles. The first-order chi connectivity index (χ1) is 31.7. The van der Waals surface area contributed by atoms with Gasteiger partial charge < -0.3 is 29.3 Å². The molecule has 1 saturated carbocycles. The molecule has 4 aromatic heterocycles. The Morgan fingerprint density at radius 3 is 2.42 bits per heavy atom. The lowest BCUT2D eigenvalue weighted by molar-refractivity contribution is -0.108. The number of carbonyl (C=O) groups is 2. The molecule has 3 aliphatic rings. The van der Waals surface area contributed by atoms with Gasteiger partial charge in [0.15, 0.2) is 11.7 Å². The maximum atomic E-state index is 16.2. The molecule has 3 aromatic carbocycles. The number of amides is 2. The zero-order valence-electron chi connectivity index (χ0n) is 38.3. The number of imidazole rings is 1. The number of halogens is 2. The van der Waals surface area contributed by atoms with Crippen molar-refractivity contribution in [1.82, 2.24) is 43.9 Å². The van der Waals surface area contributed by atoms with E-state index in [1.807, 2.05) is 34.6 Å². The SMILES string of the molecule is CO/N=C(\NC=O)C1(n2c(C(=O)N3CCc4nn(-c5cc(C)c(F)c(C)c5)c(-c5ncn(-c6ccc7c(cnn7C)c6F)c5C)c4C3)cc3cc(N4CCOC(C)(C)C4)ccc32)CC1.CS. The highest BCUT2D eigenvalue weighted by atomic mass is 32.1. The highest BCUT2D eigenvalue weighted by molar-refractivity contribution is 7.79. The van der Waals surface area contributed by atoms with E-state index in [1.54, 1.807) is 65.6 Å². The monoisotopic (exact) mass is 917 g/mol. The number of amidine groups is 1. The Kier molecular flexibility index (Phi) is 11.5. The number of benzene rings is 3. The number of anilines is 1. The molecule has 2 amide bonds. The standard InChI is InChI=1S/C47H49F2N11O4.CH4S/c1-27-18-32(19-28(2)40(27)48)60-43(42-29(3)58(25-50-42)38-11-10-37-33(41(38)49)22-52-55(37)6)34-23-56(15-12-35(34)53-60)44(62)39-21-30-20-31(57-16-17-64-46(4,5)24-57)8-9-36(30)59(39)47(13-14-47)45(51-26-61)54-63-7;1-2/h8-11,18-22,25-26H,12-17,23-24H2,1-7H3,(H,51,54,61);2H,1H3. The van der Waals surface area contributed by atoms with Crippen LogP contribution in [0.4, 0.5) is 14.5 Å². The van der Waals surface area contributed by atoms with E-state index in [1.165, 1.54) is 13.3 Å². The average molecular weight is 918 g/mol. The van der Waals surface area contributed by atoms with E-state index in [-0.39, 0.29) is 23.9 Å². The molecule has 15 nitrogen and oxygen atoms in total. The first kappa shape index (κ1) is 44.7. The fourth-order valence-corrected chi connectivity index (χ4v) is 9.77. The van der Waals surface area contributed by atoms with Crippen LogP contribution in [0.2, 0.25) is 0 Å². The summed E-state index contributed by atoms with van der Waals surface area (Å²) in [5.41, 5.74) is 7.01. The van der Waals surface area contributed by atoms with Crippen LogP contribution < -0.4 is 10.2 Å². The number of oxime groups is 1. The topological polar surface area (TPSA) is 142 Å². The normalized spacial score (nSPS) is 16.6. The molecule has 0 unspecified atom stereocenters. The van der Waals surface area contributed by atoms with Crippen molar-refractivity contribution in [3.05, 3.63) is 106 Å². The number of hydrogen-bond donors (Lipinski definition) is 2. The van der Waals surface area contributed by atoms with Crippen LogP contribution in [-0.2, 0) is 39.9 Å². The fourth-order valence-electron chi connectivity index (χ4n) is 9.77. The molecule has 0 bridgehead atoms. The Labute approximate surface area is 386 Å². The molecule has 1 saturated heterocycles. The lowest BCUT2D eigenvalue weighted by Gasteiger charge is -2.39. The molecule has 0 radical (unpaired) electrons. The first-order valence-corrected chi connectivity index (χ1v) is 22.8. The quantitative estimate of drug-likeness (QED) is 0.0505. The summed E-state index contributed by atoms with van der Waals surface area (Å²) in [7, 11) is 3.19. The lowest BCUT2D eigenvalue weighted by Crippen LogP contribution is -2.48. The summed E-state index contributed by atoms with van der Waals surface area (Å²) in [4.78, 5) is 41.5. The van der Waals surface area contributed by atoms with E-state index in [2.05, 4.69) is 59.1 Å². The van der Waals surface area contributed by atoms with Crippen molar-refractivity contribution in [2.75, 3.05) is 44.5 Å². The summed E-state index contributed by atoms with van der Waals surface area (Å²) in [6.07, 6.45) is 7.04. The number of morpholine rings is 1. The molecule has 2 fully saturated rings. The fraction of sp³-hybridized carbons (Fsp3) is 0.375. The molecule has 7 aromatic rings. The summed E-state index contributed by atoms with van der Waals surface area (Å²) in [5.74, 6) is -0.629. The summed E-state index contributed by atoms with van der Waals surface area (Å²) in [5, 5.41) is 17.6. The number of aromatic nitrogens is 7. The number of nitrogens with zero attached hydrogens (tertiary/aromatic N) is 10. The smallest absolute Gasteiger partial charge is 0.270 e. The Hall–Kier alpha value is -6.53. The Morgan fingerprint density at radius 2 is 1.73 bits per heavy atom. The second-order valence-electron chi connectivity index (χ2n) is 17.8. The Morgan fingerprint density at radius 1 is 0.985 bits per heavy atom. The van der Waals surface area contributed by atoms with E-state index in [0.29, 0.717) is 107 Å². The van der Waals surface area contributed by atoms with Gasteiger partial charge in [0, 0.05) is 61.0 Å². The van der Waals surface area contributed by atoms with Gasteiger partial charge in [0.1, 0.15) is 36.2 Å². The maximum Gasteiger partial charge on any atom is 0.270 e. The van der Waals surface area contributed by atoms with Crippen molar-refractivity contribution in [3.8, 4) is 22.8 Å². The minimum absolute atomic E-state index is 0.180. The molecular weight excluding hydrogens is 865 g/mol. The highest BCUT2D eigenvalue weighted by Crippen LogP contribution is 2.48. The zero-order valence-corrected chi connectivity index (χ0v) is 39.2. The molecule has 2 aliphatic heterocycles. The molecule has 18 heteroatoms. The van der Waals surface area contributed by atoms with Crippen molar-refractivity contribution in [2.45, 2.75) is 71.6 Å². The van der Waals surface area contributed by atoms with Crippen LogP contribution in [-0.4, -0.2) is 102 Å². The van der Waals surface area contributed by atoms with Gasteiger partial charge in [-0.1, -0.05) is 5.16 Å². The predicted octanol–water partition coefficient (Wildman–Crippen LogP) is 7.32. The second-order valence-corrected chi connectivity index (χ2v) is 17.8. The van der Waals surface area contributed by atoms with Crippen LogP contribution >= 0.6 is 12.6 Å². The van der Waals surface area contributed by atoms with E-state index < -0.39 is 11.4 Å².